The third kappa shape index (κ3) is 9.54. The van der Waals surface area contributed by atoms with Crippen LogP contribution in [0.3, 0.4) is 0 Å². The Morgan fingerprint density at radius 1 is 0.867 bits per heavy atom. The number of carboxylic acids is 1. The van der Waals surface area contributed by atoms with Crippen molar-refractivity contribution in [3.8, 4) is 0 Å². The van der Waals surface area contributed by atoms with Crippen LogP contribution in [0, 0.1) is 12.8 Å². The van der Waals surface area contributed by atoms with Gasteiger partial charge in [-0.05, 0) is 44.7 Å². The Kier molecular flexibility index (Phi) is 10.6. The lowest BCUT2D eigenvalue weighted by atomic mass is 10.0. The van der Waals surface area contributed by atoms with E-state index < -0.39 is 24.0 Å². The van der Waals surface area contributed by atoms with Gasteiger partial charge in [0.15, 0.2) is 0 Å². The number of aliphatic carboxylic acids is 1. The lowest BCUT2D eigenvalue weighted by Gasteiger charge is -2.24. The molecule has 8 nitrogen and oxygen atoms in total. The number of benzene rings is 1. The van der Waals surface area contributed by atoms with Gasteiger partial charge < -0.3 is 21.1 Å². The standard InChI is InChI=1S/C22H33N3O5/c1-14(2)20(25-18(26)8-6-5-7-9-19(27)28)22(30)23-16(4)21(29)24-17-12-10-15(3)11-13-17/h10-14,16,20H,5-9H2,1-4H3,(H,23,30)(H,24,29)(H,25,26)(H,27,28)/t16?,20-/m0/s1. The third-order valence-corrected chi connectivity index (χ3v) is 4.63. The average Bonchev–Trinajstić information content (AvgIpc) is 2.66. The molecule has 4 N–H and O–H groups in total. The lowest BCUT2D eigenvalue weighted by molar-refractivity contribution is -0.137. The summed E-state index contributed by atoms with van der Waals surface area (Å²) in [5.41, 5.74) is 1.72. The third-order valence-electron chi connectivity index (χ3n) is 4.63. The summed E-state index contributed by atoms with van der Waals surface area (Å²) in [5.74, 6) is -2.05. The van der Waals surface area contributed by atoms with Crippen molar-refractivity contribution in [2.45, 2.75) is 71.9 Å². The second-order valence-electron chi connectivity index (χ2n) is 7.83. The van der Waals surface area contributed by atoms with Crippen LogP contribution in [0.25, 0.3) is 0 Å². The molecule has 0 radical (unpaired) electrons. The Bertz CT molecular complexity index is 731. The second kappa shape index (κ2) is 12.6. The molecule has 1 aromatic rings. The summed E-state index contributed by atoms with van der Waals surface area (Å²) < 4.78 is 0. The van der Waals surface area contributed by atoms with Gasteiger partial charge in [0.25, 0.3) is 0 Å². The molecule has 0 saturated carbocycles. The van der Waals surface area contributed by atoms with Crippen LogP contribution in [-0.2, 0) is 19.2 Å². The summed E-state index contributed by atoms with van der Waals surface area (Å²) in [5, 5.41) is 16.7. The first-order chi connectivity index (χ1) is 14.1. The van der Waals surface area contributed by atoms with Gasteiger partial charge in [-0.25, -0.2) is 0 Å². The van der Waals surface area contributed by atoms with E-state index in [1.165, 1.54) is 0 Å². The van der Waals surface area contributed by atoms with E-state index in [-0.39, 0.29) is 30.6 Å². The highest BCUT2D eigenvalue weighted by atomic mass is 16.4. The van der Waals surface area contributed by atoms with Gasteiger partial charge in [-0.2, -0.15) is 0 Å². The van der Waals surface area contributed by atoms with Crippen LogP contribution in [0.5, 0.6) is 0 Å². The quantitative estimate of drug-likeness (QED) is 0.388. The molecule has 0 fully saturated rings. The van der Waals surface area contributed by atoms with E-state index in [0.29, 0.717) is 24.9 Å². The van der Waals surface area contributed by atoms with Crippen molar-refractivity contribution in [3.05, 3.63) is 29.8 Å². The number of rotatable bonds is 12. The topological polar surface area (TPSA) is 125 Å². The minimum absolute atomic E-state index is 0.0845. The van der Waals surface area contributed by atoms with Crippen molar-refractivity contribution >= 4 is 29.4 Å². The minimum atomic E-state index is -0.850. The van der Waals surface area contributed by atoms with E-state index >= 15 is 0 Å². The van der Waals surface area contributed by atoms with Gasteiger partial charge in [-0.1, -0.05) is 38.0 Å². The summed E-state index contributed by atoms with van der Waals surface area (Å²) in [4.78, 5) is 47.6. The SMILES string of the molecule is Cc1ccc(NC(=O)C(C)NC(=O)[C@@H](NC(=O)CCCCCC(=O)O)C(C)C)cc1. The number of carboxylic acid groups (broad SMARTS) is 1. The Morgan fingerprint density at radius 2 is 1.47 bits per heavy atom. The Hall–Kier alpha value is -2.90. The number of aryl methyl sites for hydroxylation is 1. The highest BCUT2D eigenvalue weighted by Gasteiger charge is 2.26. The van der Waals surface area contributed by atoms with Gasteiger partial charge in [0.05, 0.1) is 0 Å². The molecule has 8 heteroatoms. The van der Waals surface area contributed by atoms with Crippen LogP contribution in [-0.4, -0.2) is 40.9 Å². The molecule has 0 aliphatic rings. The summed E-state index contributed by atoms with van der Waals surface area (Å²) in [6.45, 7) is 7.16. The van der Waals surface area contributed by atoms with E-state index in [0.717, 1.165) is 5.56 Å². The summed E-state index contributed by atoms with van der Waals surface area (Å²) >= 11 is 0. The highest BCUT2D eigenvalue weighted by molar-refractivity contribution is 5.98. The zero-order chi connectivity index (χ0) is 22.7. The van der Waals surface area contributed by atoms with Crippen molar-refractivity contribution in [1.29, 1.82) is 0 Å². The number of carbonyl (C=O) groups is 4. The number of hydrogen-bond acceptors (Lipinski definition) is 4. The Morgan fingerprint density at radius 3 is 2.03 bits per heavy atom. The molecule has 3 amide bonds. The van der Waals surface area contributed by atoms with Crippen LogP contribution in [0.1, 0.15) is 58.4 Å². The van der Waals surface area contributed by atoms with E-state index in [1.807, 2.05) is 32.9 Å². The molecule has 2 atom stereocenters. The first kappa shape index (κ1) is 25.1. The highest BCUT2D eigenvalue weighted by Crippen LogP contribution is 2.10. The van der Waals surface area contributed by atoms with Crippen LogP contribution < -0.4 is 16.0 Å². The maximum atomic E-state index is 12.6. The number of hydrogen-bond donors (Lipinski definition) is 4. The molecular formula is C22H33N3O5. The normalized spacial score (nSPS) is 12.7. The molecular weight excluding hydrogens is 386 g/mol. The number of amides is 3. The predicted molar refractivity (Wildman–Crippen MR) is 115 cm³/mol. The zero-order valence-electron chi connectivity index (χ0n) is 18.2. The fraction of sp³-hybridized carbons (Fsp3) is 0.545. The molecule has 1 aromatic carbocycles. The molecule has 0 aromatic heterocycles. The molecule has 166 valence electrons. The van der Waals surface area contributed by atoms with Crippen LogP contribution in [0.2, 0.25) is 0 Å². The first-order valence-electron chi connectivity index (χ1n) is 10.3. The summed E-state index contributed by atoms with van der Waals surface area (Å²) in [7, 11) is 0. The smallest absolute Gasteiger partial charge is 0.303 e. The fourth-order valence-corrected chi connectivity index (χ4v) is 2.78. The van der Waals surface area contributed by atoms with Crippen molar-refractivity contribution in [2.24, 2.45) is 5.92 Å². The molecule has 0 aliphatic carbocycles. The van der Waals surface area contributed by atoms with E-state index in [2.05, 4.69) is 16.0 Å². The lowest BCUT2D eigenvalue weighted by Crippen LogP contribution is -2.53. The fourth-order valence-electron chi connectivity index (χ4n) is 2.78. The first-order valence-corrected chi connectivity index (χ1v) is 10.3. The molecule has 0 bridgehead atoms. The molecule has 30 heavy (non-hydrogen) atoms. The van der Waals surface area contributed by atoms with Crippen molar-refractivity contribution < 1.29 is 24.3 Å². The molecule has 0 aliphatic heterocycles. The van der Waals surface area contributed by atoms with E-state index in [1.54, 1.807) is 19.1 Å². The van der Waals surface area contributed by atoms with Crippen molar-refractivity contribution in [1.82, 2.24) is 10.6 Å². The van der Waals surface area contributed by atoms with Crippen LogP contribution in [0.15, 0.2) is 24.3 Å². The molecule has 0 spiro atoms. The molecule has 1 rings (SSSR count). The number of nitrogens with one attached hydrogen (secondary N) is 3. The van der Waals surface area contributed by atoms with Gasteiger partial charge >= 0.3 is 5.97 Å². The van der Waals surface area contributed by atoms with Gasteiger partial charge in [0, 0.05) is 18.5 Å². The van der Waals surface area contributed by atoms with Gasteiger partial charge in [-0.15, -0.1) is 0 Å². The van der Waals surface area contributed by atoms with E-state index in [9.17, 15) is 19.2 Å². The molecule has 0 heterocycles. The Balaban J connectivity index is 2.51. The predicted octanol–water partition coefficient (Wildman–Crippen LogP) is 2.61. The van der Waals surface area contributed by atoms with Crippen LogP contribution in [0.4, 0.5) is 5.69 Å². The van der Waals surface area contributed by atoms with E-state index in [4.69, 9.17) is 5.11 Å². The monoisotopic (exact) mass is 419 g/mol. The van der Waals surface area contributed by atoms with Gasteiger partial charge in [-0.3, -0.25) is 19.2 Å². The van der Waals surface area contributed by atoms with Gasteiger partial charge in [0.2, 0.25) is 17.7 Å². The van der Waals surface area contributed by atoms with Crippen LogP contribution >= 0.6 is 0 Å². The summed E-state index contributed by atoms with van der Waals surface area (Å²) in [6, 6.07) is 5.81. The van der Waals surface area contributed by atoms with Gasteiger partial charge in [0.1, 0.15) is 12.1 Å². The maximum Gasteiger partial charge on any atom is 0.303 e. The zero-order valence-corrected chi connectivity index (χ0v) is 18.2. The van der Waals surface area contributed by atoms with Crippen molar-refractivity contribution in [3.63, 3.8) is 0 Å². The largest absolute Gasteiger partial charge is 0.481 e. The second-order valence-corrected chi connectivity index (χ2v) is 7.83. The number of anilines is 1. The summed E-state index contributed by atoms with van der Waals surface area (Å²) in [6.07, 6.45) is 2.01. The minimum Gasteiger partial charge on any atom is -0.481 e. The average molecular weight is 420 g/mol. The van der Waals surface area contributed by atoms with Crippen molar-refractivity contribution in [2.75, 3.05) is 5.32 Å². The molecule has 0 saturated heterocycles. The number of unbranched alkanes of at least 4 members (excludes halogenated alkanes) is 2. The Labute approximate surface area is 177 Å². The molecule has 1 unspecified atom stereocenters. The number of carbonyl (C=O) groups excluding carboxylic acids is 3. The maximum absolute atomic E-state index is 12.6.